The van der Waals surface area contributed by atoms with Crippen LogP contribution in [0.15, 0.2) is 42.5 Å². The molecule has 116 valence electrons. The van der Waals surface area contributed by atoms with Crippen LogP contribution in [0, 0.1) is 12.7 Å². The van der Waals surface area contributed by atoms with Crippen LogP contribution < -0.4 is 10.2 Å². The minimum atomic E-state index is -0.548. The summed E-state index contributed by atoms with van der Waals surface area (Å²) in [6.07, 6.45) is -0.0840. The summed E-state index contributed by atoms with van der Waals surface area (Å²) in [6.45, 7) is 5.37. The molecule has 22 heavy (non-hydrogen) atoms. The lowest BCUT2D eigenvalue weighted by Crippen LogP contribution is -2.15. The zero-order chi connectivity index (χ0) is 16.1. The average Bonchev–Trinajstić information content (AvgIpc) is 2.45. The molecule has 0 bridgehead atoms. The third-order valence-electron chi connectivity index (χ3n) is 2.88. The molecule has 4 nitrogen and oxygen atoms in total. The SMILES string of the molecule is Cc1cccc(F)c1C(=O)Nc1cccc(OOC(C)C)c1. The van der Waals surface area contributed by atoms with Crippen molar-refractivity contribution in [2.24, 2.45) is 0 Å². The van der Waals surface area contributed by atoms with Gasteiger partial charge in [0.05, 0.1) is 11.7 Å². The summed E-state index contributed by atoms with van der Waals surface area (Å²) in [6, 6.07) is 11.2. The maximum absolute atomic E-state index is 13.8. The van der Waals surface area contributed by atoms with Crippen molar-refractivity contribution < 1.29 is 19.0 Å². The Morgan fingerprint density at radius 1 is 1.18 bits per heavy atom. The smallest absolute Gasteiger partial charge is 0.258 e. The molecule has 0 heterocycles. The van der Waals surface area contributed by atoms with E-state index < -0.39 is 11.7 Å². The number of carbonyl (C=O) groups excluding carboxylic acids is 1. The number of anilines is 1. The highest BCUT2D eigenvalue weighted by Gasteiger charge is 2.14. The molecule has 0 aromatic heterocycles. The molecule has 0 radical (unpaired) electrons. The standard InChI is InChI=1S/C17H18FNO3/c1-11(2)21-22-14-8-5-7-13(10-14)19-17(20)16-12(3)6-4-9-15(16)18/h4-11H,1-3H3,(H,19,20). The molecule has 5 heteroatoms. The maximum atomic E-state index is 13.8. The van der Waals surface area contributed by atoms with Crippen molar-refractivity contribution in [3.05, 3.63) is 59.4 Å². The highest BCUT2D eigenvalue weighted by atomic mass is 19.1. The Labute approximate surface area is 128 Å². The third-order valence-corrected chi connectivity index (χ3v) is 2.88. The minimum Gasteiger partial charge on any atom is -0.337 e. The van der Waals surface area contributed by atoms with E-state index in [1.165, 1.54) is 6.07 Å². The van der Waals surface area contributed by atoms with Crippen LogP contribution in [0.1, 0.15) is 29.8 Å². The van der Waals surface area contributed by atoms with Gasteiger partial charge in [-0.3, -0.25) is 4.79 Å². The zero-order valence-corrected chi connectivity index (χ0v) is 12.7. The van der Waals surface area contributed by atoms with Gasteiger partial charge in [-0.1, -0.05) is 18.2 Å². The number of nitrogens with one attached hydrogen (secondary N) is 1. The lowest BCUT2D eigenvalue weighted by atomic mass is 10.1. The first-order valence-corrected chi connectivity index (χ1v) is 6.97. The first-order chi connectivity index (χ1) is 10.5. The van der Waals surface area contributed by atoms with E-state index in [0.29, 0.717) is 17.0 Å². The summed E-state index contributed by atoms with van der Waals surface area (Å²) in [4.78, 5) is 22.4. The van der Waals surface area contributed by atoms with E-state index >= 15 is 0 Å². The maximum Gasteiger partial charge on any atom is 0.258 e. The molecule has 0 atom stereocenters. The van der Waals surface area contributed by atoms with E-state index in [1.54, 1.807) is 43.3 Å². The van der Waals surface area contributed by atoms with Gasteiger partial charge in [-0.15, -0.1) is 0 Å². The Morgan fingerprint density at radius 3 is 2.59 bits per heavy atom. The molecule has 0 fully saturated rings. The number of hydrogen-bond donors (Lipinski definition) is 1. The summed E-state index contributed by atoms with van der Waals surface area (Å²) < 4.78 is 13.8. The Hall–Kier alpha value is -2.40. The van der Waals surface area contributed by atoms with Gasteiger partial charge in [-0.2, -0.15) is 4.89 Å². The molecule has 0 aliphatic heterocycles. The second-order valence-electron chi connectivity index (χ2n) is 5.14. The molecule has 2 rings (SSSR count). The summed E-state index contributed by atoms with van der Waals surface area (Å²) in [5.74, 6) is -0.595. The molecular formula is C17H18FNO3. The number of aryl methyl sites for hydroxylation is 1. The van der Waals surface area contributed by atoms with Gasteiger partial charge in [0, 0.05) is 11.8 Å². The Bertz CT molecular complexity index is 650. The lowest BCUT2D eigenvalue weighted by molar-refractivity contribution is -0.234. The van der Waals surface area contributed by atoms with Crippen molar-refractivity contribution in [3.8, 4) is 5.75 Å². The monoisotopic (exact) mass is 303 g/mol. The number of benzene rings is 2. The third kappa shape index (κ3) is 4.05. The van der Waals surface area contributed by atoms with Gasteiger partial charge >= 0.3 is 0 Å². The molecule has 2 aromatic carbocycles. The average molecular weight is 303 g/mol. The van der Waals surface area contributed by atoms with Crippen molar-refractivity contribution >= 4 is 11.6 Å². The van der Waals surface area contributed by atoms with Crippen LogP contribution in [-0.2, 0) is 4.89 Å². The molecule has 0 saturated heterocycles. The number of hydrogen-bond acceptors (Lipinski definition) is 3. The fourth-order valence-corrected chi connectivity index (χ4v) is 1.89. The number of rotatable bonds is 5. The molecule has 1 N–H and O–H groups in total. The number of halogens is 1. The summed E-state index contributed by atoms with van der Waals surface area (Å²) in [5, 5.41) is 2.65. The van der Waals surface area contributed by atoms with Crippen molar-refractivity contribution in [3.63, 3.8) is 0 Å². The summed E-state index contributed by atoms with van der Waals surface area (Å²) >= 11 is 0. The van der Waals surface area contributed by atoms with Crippen molar-refractivity contribution in [1.82, 2.24) is 0 Å². The number of amides is 1. The quantitative estimate of drug-likeness (QED) is 0.668. The second kappa shape index (κ2) is 7.04. The molecule has 0 unspecified atom stereocenters. The first kappa shape index (κ1) is 16.0. The van der Waals surface area contributed by atoms with Crippen LogP contribution in [0.3, 0.4) is 0 Å². The largest absolute Gasteiger partial charge is 0.337 e. The predicted molar refractivity (Wildman–Crippen MR) is 82.4 cm³/mol. The van der Waals surface area contributed by atoms with Gasteiger partial charge in [0.1, 0.15) is 5.82 Å². The molecular weight excluding hydrogens is 285 g/mol. The topological polar surface area (TPSA) is 47.6 Å². The van der Waals surface area contributed by atoms with Gasteiger partial charge < -0.3 is 10.2 Å². The molecule has 1 amide bonds. The molecule has 0 spiro atoms. The van der Waals surface area contributed by atoms with Gasteiger partial charge in [0.2, 0.25) is 0 Å². The van der Waals surface area contributed by atoms with E-state index in [-0.39, 0.29) is 11.7 Å². The Balaban J connectivity index is 2.13. The van der Waals surface area contributed by atoms with E-state index in [0.717, 1.165) is 0 Å². The Kier molecular flexibility index (Phi) is 5.12. The van der Waals surface area contributed by atoms with Gasteiger partial charge in [-0.25, -0.2) is 4.39 Å². The fraction of sp³-hybridized carbons (Fsp3) is 0.235. The van der Waals surface area contributed by atoms with Gasteiger partial charge in [-0.05, 0) is 44.5 Å². The molecule has 0 saturated carbocycles. The van der Waals surface area contributed by atoms with Crippen molar-refractivity contribution in [2.75, 3.05) is 5.32 Å². The molecule has 0 aliphatic carbocycles. The van der Waals surface area contributed by atoms with Crippen LogP contribution in [-0.4, -0.2) is 12.0 Å². The summed E-state index contributed by atoms with van der Waals surface area (Å²) in [5.41, 5.74) is 1.11. The van der Waals surface area contributed by atoms with E-state index in [9.17, 15) is 9.18 Å². The van der Waals surface area contributed by atoms with Crippen LogP contribution in [0.4, 0.5) is 10.1 Å². The first-order valence-electron chi connectivity index (χ1n) is 6.97. The fourth-order valence-electron chi connectivity index (χ4n) is 1.89. The highest BCUT2D eigenvalue weighted by Crippen LogP contribution is 2.20. The van der Waals surface area contributed by atoms with Crippen LogP contribution in [0.25, 0.3) is 0 Å². The second-order valence-corrected chi connectivity index (χ2v) is 5.14. The normalized spacial score (nSPS) is 10.6. The van der Waals surface area contributed by atoms with Crippen LogP contribution >= 0.6 is 0 Å². The lowest BCUT2D eigenvalue weighted by Gasteiger charge is -2.11. The minimum absolute atomic E-state index is 0.0345. The van der Waals surface area contributed by atoms with Gasteiger partial charge in [0.25, 0.3) is 5.91 Å². The van der Waals surface area contributed by atoms with Crippen LogP contribution in [0.2, 0.25) is 0 Å². The Morgan fingerprint density at radius 2 is 1.91 bits per heavy atom. The van der Waals surface area contributed by atoms with Crippen molar-refractivity contribution in [1.29, 1.82) is 0 Å². The van der Waals surface area contributed by atoms with Crippen LogP contribution in [0.5, 0.6) is 5.75 Å². The summed E-state index contributed by atoms with van der Waals surface area (Å²) in [7, 11) is 0. The predicted octanol–water partition coefficient (Wildman–Crippen LogP) is 4.11. The molecule has 2 aromatic rings. The van der Waals surface area contributed by atoms with Gasteiger partial charge in [0.15, 0.2) is 5.75 Å². The zero-order valence-electron chi connectivity index (χ0n) is 12.7. The highest BCUT2D eigenvalue weighted by molar-refractivity contribution is 6.05. The van der Waals surface area contributed by atoms with E-state index in [4.69, 9.17) is 9.78 Å². The van der Waals surface area contributed by atoms with Crippen molar-refractivity contribution in [2.45, 2.75) is 26.9 Å². The van der Waals surface area contributed by atoms with E-state index in [2.05, 4.69) is 5.32 Å². The number of carbonyl (C=O) groups is 1. The molecule has 0 aliphatic rings. The van der Waals surface area contributed by atoms with E-state index in [1.807, 2.05) is 13.8 Å².